The molecule has 1 saturated heterocycles. The third kappa shape index (κ3) is 3.23. The van der Waals surface area contributed by atoms with E-state index in [1.807, 2.05) is 0 Å². The Bertz CT molecular complexity index is 1470. The first-order valence-corrected chi connectivity index (χ1v) is 10.6. The average Bonchev–Trinajstić information content (AvgIpc) is 3.47. The lowest BCUT2D eigenvalue weighted by molar-refractivity contribution is 0.154. The zero-order valence-corrected chi connectivity index (χ0v) is 18.5. The van der Waals surface area contributed by atoms with Crippen LogP contribution >= 0.6 is 15.9 Å². The Hall–Kier alpha value is -3.65. The zero-order valence-electron chi connectivity index (χ0n) is 16.9. The van der Waals surface area contributed by atoms with Crippen molar-refractivity contribution in [1.82, 2.24) is 29.2 Å². The van der Waals surface area contributed by atoms with Crippen molar-refractivity contribution in [3.8, 4) is 11.8 Å². The lowest BCUT2D eigenvalue weighted by Gasteiger charge is -2.14. The molecule has 1 aliphatic heterocycles. The van der Waals surface area contributed by atoms with Gasteiger partial charge >= 0.3 is 6.09 Å². The summed E-state index contributed by atoms with van der Waals surface area (Å²) >= 11 is 3.50. The van der Waals surface area contributed by atoms with Crippen molar-refractivity contribution in [3.05, 3.63) is 46.2 Å². The number of imidazole rings is 1. The normalized spacial score (nSPS) is 16.0. The lowest BCUT2D eigenvalue weighted by atomic mass is 10.1. The van der Waals surface area contributed by atoms with E-state index in [-0.39, 0.29) is 17.4 Å². The molecule has 5 rings (SSSR count). The summed E-state index contributed by atoms with van der Waals surface area (Å²) in [5.74, 6) is 5.56. The number of aryl methyl sites for hydroxylation is 1. The second kappa shape index (κ2) is 7.49. The summed E-state index contributed by atoms with van der Waals surface area (Å²) in [5, 5.41) is 14.5. The van der Waals surface area contributed by atoms with E-state index in [0.29, 0.717) is 51.6 Å². The molecule has 3 aromatic heterocycles. The van der Waals surface area contributed by atoms with Crippen molar-refractivity contribution in [3.63, 3.8) is 0 Å². The molecule has 0 saturated carbocycles. The predicted molar refractivity (Wildman–Crippen MR) is 120 cm³/mol. The van der Waals surface area contributed by atoms with Gasteiger partial charge in [0.15, 0.2) is 0 Å². The van der Waals surface area contributed by atoms with Crippen LogP contribution in [0.1, 0.15) is 23.7 Å². The number of benzene rings is 1. The number of rotatable bonds is 1. The predicted octanol–water partition coefficient (Wildman–Crippen LogP) is 3.13. The summed E-state index contributed by atoms with van der Waals surface area (Å²) in [5.41, 5.74) is 8.67. The van der Waals surface area contributed by atoms with Gasteiger partial charge in [-0.2, -0.15) is 5.10 Å². The zero-order chi connectivity index (χ0) is 22.6. The molecule has 1 fully saturated rings. The van der Waals surface area contributed by atoms with E-state index in [4.69, 9.17) is 5.73 Å². The monoisotopic (exact) mass is 497 g/mol. The molecule has 0 bridgehead atoms. The van der Waals surface area contributed by atoms with Crippen molar-refractivity contribution < 1.29 is 14.3 Å². The van der Waals surface area contributed by atoms with Crippen LogP contribution in [0.3, 0.4) is 0 Å². The molecule has 11 heteroatoms. The molecule has 9 nitrogen and oxygen atoms in total. The highest BCUT2D eigenvalue weighted by atomic mass is 79.9. The molecule has 0 aliphatic carbocycles. The van der Waals surface area contributed by atoms with E-state index in [0.717, 1.165) is 0 Å². The Morgan fingerprint density at radius 2 is 2.16 bits per heavy atom. The Kier molecular flexibility index (Phi) is 4.74. The van der Waals surface area contributed by atoms with Crippen molar-refractivity contribution in [2.75, 3.05) is 18.8 Å². The molecule has 162 valence electrons. The minimum atomic E-state index is -0.968. The SMILES string of the molecule is Cn1cnc2cc(C#Cc3nn([C@H]4CCN(C(=O)O)C4)c4c(Br)cnc(N)c34)c(F)cc21. The van der Waals surface area contributed by atoms with Gasteiger partial charge in [-0.25, -0.2) is 19.2 Å². The lowest BCUT2D eigenvalue weighted by Crippen LogP contribution is -2.27. The third-order valence-electron chi connectivity index (χ3n) is 5.62. The van der Waals surface area contributed by atoms with E-state index in [2.05, 4.69) is 42.8 Å². The molecule has 1 amide bonds. The van der Waals surface area contributed by atoms with E-state index >= 15 is 0 Å². The molecule has 4 heterocycles. The van der Waals surface area contributed by atoms with Crippen LogP contribution in [0.15, 0.2) is 29.1 Å². The summed E-state index contributed by atoms with van der Waals surface area (Å²) in [6.45, 7) is 0.717. The van der Waals surface area contributed by atoms with Gasteiger partial charge in [-0.1, -0.05) is 5.92 Å². The van der Waals surface area contributed by atoms with Gasteiger partial charge in [0, 0.05) is 32.4 Å². The Morgan fingerprint density at radius 1 is 1.34 bits per heavy atom. The van der Waals surface area contributed by atoms with Gasteiger partial charge in [-0.3, -0.25) is 4.68 Å². The molecule has 32 heavy (non-hydrogen) atoms. The van der Waals surface area contributed by atoms with Crippen molar-refractivity contribution >= 4 is 49.8 Å². The maximum absolute atomic E-state index is 14.6. The number of carboxylic acid groups (broad SMARTS) is 1. The van der Waals surface area contributed by atoms with Gasteiger partial charge in [-0.15, -0.1) is 0 Å². The third-order valence-corrected chi connectivity index (χ3v) is 6.20. The second-order valence-electron chi connectivity index (χ2n) is 7.61. The highest BCUT2D eigenvalue weighted by Gasteiger charge is 2.30. The molecule has 1 atom stereocenters. The van der Waals surface area contributed by atoms with Gasteiger partial charge in [0.1, 0.15) is 17.3 Å². The first-order chi connectivity index (χ1) is 15.3. The number of pyridine rings is 1. The first-order valence-electron chi connectivity index (χ1n) is 9.76. The van der Waals surface area contributed by atoms with Crippen LogP contribution in [-0.2, 0) is 7.05 Å². The van der Waals surface area contributed by atoms with Crippen LogP contribution < -0.4 is 5.73 Å². The van der Waals surface area contributed by atoms with Crippen molar-refractivity contribution in [2.24, 2.45) is 7.05 Å². The topological polar surface area (TPSA) is 115 Å². The summed E-state index contributed by atoms with van der Waals surface area (Å²) < 4.78 is 18.8. The molecule has 0 unspecified atom stereocenters. The van der Waals surface area contributed by atoms with Crippen LogP contribution in [0.4, 0.5) is 15.0 Å². The number of nitrogens with zero attached hydrogens (tertiary/aromatic N) is 6. The van der Waals surface area contributed by atoms with Crippen molar-refractivity contribution in [2.45, 2.75) is 12.5 Å². The average molecular weight is 498 g/mol. The minimum Gasteiger partial charge on any atom is -0.465 e. The molecule has 3 N–H and O–H groups in total. The highest BCUT2D eigenvalue weighted by Crippen LogP contribution is 2.34. The van der Waals surface area contributed by atoms with E-state index < -0.39 is 11.9 Å². The molecular weight excluding hydrogens is 481 g/mol. The molecule has 1 aliphatic rings. The summed E-state index contributed by atoms with van der Waals surface area (Å²) in [7, 11) is 1.79. The van der Waals surface area contributed by atoms with Gasteiger partial charge in [0.2, 0.25) is 0 Å². The van der Waals surface area contributed by atoms with E-state index in [9.17, 15) is 14.3 Å². The number of fused-ring (bicyclic) bond motifs is 2. The standard InChI is InChI=1S/C21H17BrFN7O2/c1-28-10-26-16-6-11(14(23)7-17(16)28)2-3-15-18-19(13(22)8-25-20(18)24)30(27-15)12-4-5-29(9-12)21(31)32/h6-8,10,12H,4-5,9H2,1H3,(H2,24,25)(H,31,32)/t12-/m0/s1. The fourth-order valence-corrected chi connectivity index (χ4v) is 4.48. The summed E-state index contributed by atoms with van der Waals surface area (Å²) in [6.07, 6.45) is 2.83. The van der Waals surface area contributed by atoms with Crippen LogP contribution in [-0.4, -0.2) is 53.5 Å². The number of nitrogen functional groups attached to an aromatic ring is 1. The molecule has 0 radical (unpaired) electrons. The van der Waals surface area contributed by atoms with Crippen LogP contribution in [0.2, 0.25) is 0 Å². The van der Waals surface area contributed by atoms with E-state index in [1.165, 1.54) is 11.0 Å². The van der Waals surface area contributed by atoms with Gasteiger partial charge in [-0.05, 0) is 34.3 Å². The number of hydrogen-bond acceptors (Lipinski definition) is 5. The quantitative estimate of drug-likeness (QED) is 0.390. The fraction of sp³-hybridized carbons (Fsp3) is 0.238. The van der Waals surface area contributed by atoms with Crippen LogP contribution in [0.5, 0.6) is 0 Å². The Labute approximate surface area is 189 Å². The smallest absolute Gasteiger partial charge is 0.407 e. The molecule has 0 spiro atoms. The summed E-state index contributed by atoms with van der Waals surface area (Å²) in [6, 6.07) is 2.81. The minimum absolute atomic E-state index is 0.177. The Balaban J connectivity index is 1.63. The van der Waals surface area contributed by atoms with Crippen LogP contribution in [0, 0.1) is 17.7 Å². The van der Waals surface area contributed by atoms with Gasteiger partial charge in [0.05, 0.1) is 44.3 Å². The molecule has 4 aromatic rings. The number of likely N-dealkylation sites (tertiary alicyclic amines) is 1. The Morgan fingerprint density at radius 3 is 2.91 bits per heavy atom. The first kappa shape index (κ1) is 20.3. The van der Waals surface area contributed by atoms with Gasteiger partial charge in [0.25, 0.3) is 0 Å². The second-order valence-corrected chi connectivity index (χ2v) is 8.46. The number of carbonyl (C=O) groups is 1. The van der Waals surface area contributed by atoms with E-state index in [1.54, 1.807) is 34.9 Å². The number of halogens is 2. The molecular formula is C21H17BrFN7O2. The number of aromatic nitrogens is 5. The fourth-order valence-electron chi connectivity index (χ4n) is 4.00. The van der Waals surface area contributed by atoms with Crippen LogP contribution in [0.25, 0.3) is 21.9 Å². The maximum Gasteiger partial charge on any atom is 0.407 e. The number of amides is 1. The maximum atomic E-state index is 14.6. The number of nitrogens with two attached hydrogens (primary N) is 1. The number of anilines is 1. The number of hydrogen-bond donors (Lipinski definition) is 2. The van der Waals surface area contributed by atoms with Gasteiger partial charge < -0.3 is 20.3 Å². The molecule has 1 aromatic carbocycles. The summed E-state index contributed by atoms with van der Waals surface area (Å²) in [4.78, 5) is 21.1. The van der Waals surface area contributed by atoms with Crippen molar-refractivity contribution in [1.29, 1.82) is 0 Å². The highest BCUT2D eigenvalue weighted by molar-refractivity contribution is 9.10. The largest absolute Gasteiger partial charge is 0.465 e.